The number of benzene rings is 1. The molecule has 0 aliphatic carbocycles. The Bertz CT molecular complexity index is 431. The van der Waals surface area contributed by atoms with Gasteiger partial charge in [-0.2, -0.15) is 0 Å². The van der Waals surface area contributed by atoms with Crippen molar-refractivity contribution in [1.82, 2.24) is 0 Å². The lowest BCUT2D eigenvalue weighted by molar-refractivity contribution is -0.122. The molecule has 0 fully saturated rings. The number of nitrogens with two attached hydrogens (primary N) is 2. The summed E-state index contributed by atoms with van der Waals surface area (Å²) in [4.78, 5) is 10.4. The molecule has 0 saturated carbocycles. The average molecular weight is 326 g/mol. The van der Waals surface area contributed by atoms with Crippen molar-refractivity contribution in [3.05, 3.63) is 33.0 Å². The summed E-state index contributed by atoms with van der Waals surface area (Å²) < 4.78 is 18.9. The molecule has 1 aromatic carbocycles. The van der Waals surface area contributed by atoms with Crippen molar-refractivity contribution in [3.63, 3.8) is 0 Å². The first-order chi connectivity index (χ1) is 7.91. The molecular formula is C10H11BrClFN2O2. The van der Waals surface area contributed by atoms with Crippen LogP contribution in [0.1, 0.15) is 11.6 Å². The SMILES string of the molecule is NC(=O)COCC(N)c1cc(Cl)c(Br)cc1F. The summed E-state index contributed by atoms with van der Waals surface area (Å²) in [6, 6.07) is 1.94. The van der Waals surface area contributed by atoms with Crippen LogP contribution in [0.4, 0.5) is 4.39 Å². The van der Waals surface area contributed by atoms with Gasteiger partial charge in [-0.3, -0.25) is 4.79 Å². The third-order valence-corrected chi connectivity index (χ3v) is 3.18. The van der Waals surface area contributed by atoms with Gasteiger partial charge in [0.2, 0.25) is 5.91 Å². The second-order valence-electron chi connectivity index (χ2n) is 3.38. The molecule has 0 bridgehead atoms. The summed E-state index contributed by atoms with van der Waals surface area (Å²) in [6.45, 7) is -0.266. The van der Waals surface area contributed by atoms with Gasteiger partial charge in [0.15, 0.2) is 0 Å². The van der Waals surface area contributed by atoms with E-state index in [1.165, 1.54) is 12.1 Å². The molecule has 4 N–H and O–H groups in total. The lowest BCUT2D eigenvalue weighted by Gasteiger charge is -2.13. The predicted octanol–water partition coefficient (Wildman–Crippen LogP) is 1.74. The third-order valence-electron chi connectivity index (χ3n) is 1.98. The molecule has 94 valence electrons. The molecule has 7 heteroatoms. The molecule has 1 atom stereocenters. The van der Waals surface area contributed by atoms with Crippen LogP contribution in [0.25, 0.3) is 0 Å². The lowest BCUT2D eigenvalue weighted by Crippen LogP contribution is -2.24. The Morgan fingerprint density at radius 2 is 2.24 bits per heavy atom. The van der Waals surface area contributed by atoms with Gasteiger partial charge in [-0.1, -0.05) is 11.6 Å². The van der Waals surface area contributed by atoms with Crippen molar-refractivity contribution in [2.45, 2.75) is 6.04 Å². The molecule has 4 nitrogen and oxygen atoms in total. The monoisotopic (exact) mass is 324 g/mol. The Labute approximate surface area is 111 Å². The Kier molecular flexibility index (Phi) is 5.32. The molecule has 0 spiro atoms. The second kappa shape index (κ2) is 6.30. The summed E-state index contributed by atoms with van der Waals surface area (Å²) in [5.41, 5.74) is 10.8. The van der Waals surface area contributed by atoms with E-state index >= 15 is 0 Å². The van der Waals surface area contributed by atoms with Crippen LogP contribution in [0.2, 0.25) is 5.02 Å². The van der Waals surface area contributed by atoms with Gasteiger partial charge >= 0.3 is 0 Å². The highest BCUT2D eigenvalue weighted by atomic mass is 79.9. The maximum Gasteiger partial charge on any atom is 0.243 e. The highest BCUT2D eigenvalue weighted by Gasteiger charge is 2.14. The van der Waals surface area contributed by atoms with Crippen molar-refractivity contribution < 1.29 is 13.9 Å². The fraction of sp³-hybridized carbons (Fsp3) is 0.300. The van der Waals surface area contributed by atoms with E-state index in [1.807, 2.05) is 0 Å². The molecule has 0 aromatic heterocycles. The summed E-state index contributed by atoms with van der Waals surface area (Å²) in [5.74, 6) is -1.09. The van der Waals surface area contributed by atoms with Crippen molar-refractivity contribution >= 4 is 33.4 Å². The number of hydrogen-bond acceptors (Lipinski definition) is 3. The molecule has 1 amide bonds. The number of rotatable bonds is 5. The summed E-state index contributed by atoms with van der Waals surface area (Å²) in [6.07, 6.45) is 0. The number of carbonyl (C=O) groups excluding carboxylic acids is 1. The number of halogens is 3. The van der Waals surface area contributed by atoms with E-state index in [1.54, 1.807) is 0 Å². The lowest BCUT2D eigenvalue weighted by atomic mass is 10.1. The summed E-state index contributed by atoms with van der Waals surface area (Å²) >= 11 is 8.93. The third kappa shape index (κ3) is 4.23. The molecule has 1 rings (SSSR count). The molecule has 1 aromatic rings. The molecule has 1 unspecified atom stereocenters. The fourth-order valence-electron chi connectivity index (χ4n) is 1.20. The standard InChI is InChI=1S/C10H11BrClFN2O2/c11-6-2-8(13)5(1-7(6)12)9(14)3-17-4-10(15)16/h1-2,9H,3-4,14H2,(H2,15,16). The van der Waals surface area contributed by atoms with Crippen LogP contribution in [-0.2, 0) is 9.53 Å². The molecular weight excluding hydrogens is 314 g/mol. The smallest absolute Gasteiger partial charge is 0.243 e. The van der Waals surface area contributed by atoms with Gasteiger partial charge in [-0.25, -0.2) is 4.39 Å². The van der Waals surface area contributed by atoms with Gasteiger partial charge in [0.1, 0.15) is 12.4 Å². The zero-order valence-electron chi connectivity index (χ0n) is 8.75. The van der Waals surface area contributed by atoms with Crippen molar-refractivity contribution in [3.8, 4) is 0 Å². The van der Waals surface area contributed by atoms with E-state index in [0.29, 0.717) is 9.50 Å². The van der Waals surface area contributed by atoms with E-state index in [4.69, 9.17) is 27.8 Å². The Balaban J connectivity index is 2.71. The van der Waals surface area contributed by atoms with Crippen molar-refractivity contribution in [2.75, 3.05) is 13.2 Å². The molecule has 0 aliphatic rings. The zero-order valence-corrected chi connectivity index (χ0v) is 11.1. The van der Waals surface area contributed by atoms with Gasteiger partial charge in [0.05, 0.1) is 17.7 Å². The number of amides is 1. The minimum atomic E-state index is -0.708. The zero-order chi connectivity index (χ0) is 13.0. The van der Waals surface area contributed by atoms with Crippen LogP contribution >= 0.6 is 27.5 Å². The van der Waals surface area contributed by atoms with Gasteiger partial charge in [-0.05, 0) is 28.1 Å². The van der Waals surface area contributed by atoms with E-state index in [-0.39, 0.29) is 18.8 Å². The van der Waals surface area contributed by atoms with E-state index < -0.39 is 17.8 Å². The average Bonchev–Trinajstić information content (AvgIpc) is 2.22. The van der Waals surface area contributed by atoms with E-state index in [2.05, 4.69) is 15.9 Å². The normalized spacial score (nSPS) is 12.5. The van der Waals surface area contributed by atoms with Crippen molar-refractivity contribution in [1.29, 1.82) is 0 Å². The van der Waals surface area contributed by atoms with Crippen LogP contribution in [0.15, 0.2) is 16.6 Å². The first-order valence-corrected chi connectivity index (χ1v) is 5.85. The Morgan fingerprint density at radius 3 is 2.82 bits per heavy atom. The number of hydrogen-bond donors (Lipinski definition) is 2. The predicted molar refractivity (Wildman–Crippen MR) is 66.1 cm³/mol. The topological polar surface area (TPSA) is 78.3 Å². The highest BCUT2D eigenvalue weighted by Crippen LogP contribution is 2.28. The van der Waals surface area contributed by atoms with Gasteiger partial charge in [0.25, 0.3) is 0 Å². The van der Waals surface area contributed by atoms with Crippen LogP contribution < -0.4 is 11.5 Å². The first-order valence-electron chi connectivity index (χ1n) is 4.68. The largest absolute Gasteiger partial charge is 0.370 e. The van der Waals surface area contributed by atoms with E-state index in [9.17, 15) is 9.18 Å². The first kappa shape index (κ1) is 14.4. The van der Waals surface area contributed by atoms with Gasteiger partial charge in [0, 0.05) is 10.0 Å². The van der Waals surface area contributed by atoms with Gasteiger partial charge in [-0.15, -0.1) is 0 Å². The quantitative estimate of drug-likeness (QED) is 0.810. The number of ether oxygens (including phenoxy) is 1. The Hall–Kier alpha value is -0.690. The maximum absolute atomic E-state index is 13.6. The van der Waals surface area contributed by atoms with Gasteiger partial charge < -0.3 is 16.2 Å². The molecule has 0 heterocycles. The minimum Gasteiger partial charge on any atom is -0.370 e. The van der Waals surface area contributed by atoms with Crippen LogP contribution in [0.5, 0.6) is 0 Å². The summed E-state index contributed by atoms with van der Waals surface area (Å²) in [5, 5.41) is 0.353. The van der Waals surface area contributed by atoms with Crippen LogP contribution in [0, 0.1) is 5.82 Å². The van der Waals surface area contributed by atoms with Crippen molar-refractivity contribution in [2.24, 2.45) is 11.5 Å². The highest BCUT2D eigenvalue weighted by molar-refractivity contribution is 9.10. The molecule has 0 radical (unpaired) electrons. The Morgan fingerprint density at radius 1 is 1.59 bits per heavy atom. The summed E-state index contributed by atoms with van der Waals surface area (Å²) in [7, 11) is 0. The molecule has 0 saturated heterocycles. The minimum absolute atomic E-state index is 0.0161. The fourth-order valence-corrected chi connectivity index (χ4v) is 1.69. The maximum atomic E-state index is 13.6. The number of primary amides is 1. The number of carbonyl (C=O) groups is 1. The van der Waals surface area contributed by atoms with Crippen LogP contribution in [0.3, 0.4) is 0 Å². The van der Waals surface area contributed by atoms with Crippen LogP contribution in [-0.4, -0.2) is 19.1 Å². The second-order valence-corrected chi connectivity index (χ2v) is 4.64. The van der Waals surface area contributed by atoms with E-state index in [0.717, 1.165) is 0 Å². The molecule has 0 aliphatic heterocycles. The molecule has 17 heavy (non-hydrogen) atoms.